The van der Waals surface area contributed by atoms with Gasteiger partial charge in [0.2, 0.25) is 0 Å². The van der Waals surface area contributed by atoms with Gasteiger partial charge in [-0.2, -0.15) is 0 Å². The van der Waals surface area contributed by atoms with Gasteiger partial charge in [0.15, 0.2) is 17.8 Å². The first kappa shape index (κ1) is 14.8. The van der Waals surface area contributed by atoms with Gasteiger partial charge in [-0.15, -0.1) is 11.3 Å². The van der Waals surface area contributed by atoms with Crippen LogP contribution in [0.15, 0.2) is 52.6 Å². The average molecular weight is 328 g/mol. The zero-order valence-electron chi connectivity index (χ0n) is 11.8. The second-order valence-corrected chi connectivity index (χ2v) is 5.48. The van der Waals surface area contributed by atoms with E-state index in [1.807, 2.05) is 17.5 Å². The Balaban J connectivity index is 1.80. The Morgan fingerprint density at radius 3 is 2.61 bits per heavy atom. The number of benzene rings is 1. The van der Waals surface area contributed by atoms with Gasteiger partial charge >= 0.3 is 6.03 Å². The monoisotopic (exact) mass is 328 g/mol. The number of anilines is 2. The largest absolute Gasteiger partial charge is 0.442 e. The lowest BCUT2D eigenvalue weighted by Crippen LogP contribution is -2.19. The predicted octanol–water partition coefficient (Wildman–Crippen LogP) is 3.15. The third-order valence-corrected chi connectivity index (χ3v) is 3.78. The van der Waals surface area contributed by atoms with Crippen molar-refractivity contribution in [1.82, 2.24) is 4.98 Å². The number of nitrogens with zero attached hydrogens (tertiary/aromatic N) is 1. The van der Waals surface area contributed by atoms with E-state index in [4.69, 9.17) is 10.2 Å². The molecule has 0 saturated carbocycles. The maximum Gasteiger partial charge on any atom is 0.316 e. The van der Waals surface area contributed by atoms with E-state index in [1.54, 1.807) is 24.3 Å². The van der Waals surface area contributed by atoms with E-state index in [2.05, 4.69) is 15.6 Å². The Labute approximate surface area is 135 Å². The zero-order chi connectivity index (χ0) is 16.2. The van der Waals surface area contributed by atoms with Crippen LogP contribution in [0.5, 0.6) is 0 Å². The summed E-state index contributed by atoms with van der Waals surface area (Å²) in [5, 5.41) is 7.04. The number of carbonyl (C=O) groups is 2. The molecule has 2 heterocycles. The maximum atomic E-state index is 12.4. The highest BCUT2D eigenvalue weighted by molar-refractivity contribution is 7.13. The fraction of sp³-hybridized carbons (Fsp3) is 0. The first-order valence-electron chi connectivity index (χ1n) is 6.59. The number of thiophene rings is 1. The highest BCUT2D eigenvalue weighted by Gasteiger charge is 2.19. The molecule has 0 unspecified atom stereocenters. The molecule has 0 fully saturated rings. The van der Waals surface area contributed by atoms with Gasteiger partial charge in [0.1, 0.15) is 0 Å². The second kappa shape index (κ2) is 6.32. The van der Waals surface area contributed by atoms with Crippen molar-refractivity contribution in [3.8, 4) is 10.6 Å². The topological polar surface area (TPSA) is 110 Å². The molecule has 0 aliphatic heterocycles. The summed E-state index contributed by atoms with van der Waals surface area (Å²) in [6.45, 7) is 0. The van der Waals surface area contributed by atoms with Crippen LogP contribution in [0.4, 0.5) is 16.2 Å². The summed E-state index contributed by atoms with van der Waals surface area (Å²) in [4.78, 5) is 28.0. The smallest absolute Gasteiger partial charge is 0.316 e. The molecule has 116 valence electrons. The molecule has 7 nitrogen and oxygen atoms in total. The van der Waals surface area contributed by atoms with Gasteiger partial charge in [-0.1, -0.05) is 12.1 Å². The van der Waals surface area contributed by atoms with Gasteiger partial charge in [-0.05, 0) is 29.6 Å². The molecular formula is C15H12N4O3S. The number of hydrogen-bond acceptors (Lipinski definition) is 5. The summed E-state index contributed by atoms with van der Waals surface area (Å²) < 4.78 is 5.31. The summed E-state index contributed by atoms with van der Waals surface area (Å²) in [5.41, 5.74) is 6.25. The molecular weight excluding hydrogens is 316 g/mol. The normalized spacial score (nSPS) is 10.3. The second-order valence-electron chi connectivity index (χ2n) is 4.53. The van der Waals surface area contributed by atoms with Crippen LogP contribution in [0.3, 0.4) is 0 Å². The molecule has 0 aliphatic rings. The number of hydrogen-bond donors (Lipinski definition) is 3. The maximum absolute atomic E-state index is 12.4. The molecule has 2 aromatic heterocycles. The van der Waals surface area contributed by atoms with E-state index in [1.165, 1.54) is 17.7 Å². The van der Waals surface area contributed by atoms with Crippen LogP contribution in [0.25, 0.3) is 10.6 Å². The lowest BCUT2D eigenvalue weighted by molar-refractivity contribution is 0.102. The third kappa shape index (κ3) is 3.38. The molecule has 23 heavy (non-hydrogen) atoms. The molecule has 1 aromatic carbocycles. The number of nitrogens with two attached hydrogens (primary N) is 1. The van der Waals surface area contributed by atoms with Crippen molar-refractivity contribution in [2.24, 2.45) is 5.73 Å². The van der Waals surface area contributed by atoms with Crippen LogP contribution in [-0.2, 0) is 0 Å². The molecule has 3 aromatic rings. The average Bonchev–Trinajstić information content (AvgIpc) is 3.18. The molecule has 0 aliphatic carbocycles. The fourth-order valence-electron chi connectivity index (χ4n) is 2.00. The summed E-state index contributed by atoms with van der Waals surface area (Å²) in [6.07, 6.45) is 1.23. The first-order valence-corrected chi connectivity index (χ1v) is 7.46. The van der Waals surface area contributed by atoms with Crippen molar-refractivity contribution in [3.05, 3.63) is 53.9 Å². The molecule has 3 amide bonds. The molecule has 3 rings (SSSR count). The van der Waals surface area contributed by atoms with Gasteiger partial charge in [0.05, 0.1) is 4.88 Å². The lowest BCUT2D eigenvalue weighted by atomic mass is 10.2. The van der Waals surface area contributed by atoms with Crippen LogP contribution in [0.2, 0.25) is 0 Å². The predicted molar refractivity (Wildman–Crippen MR) is 87.4 cm³/mol. The minimum absolute atomic E-state index is 0.195. The van der Waals surface area contributed by atoms with Gasteiger partial charge in [0.25, 0.3) is 5.91 Å². The van der Waals surface area contributed by atoms with Crippen LogP contribution in [0, 0.1) is 0 Å². The quantitative estimate of drug-likeness (QED) is 0.683. The van der Waals surface area contributed by atoms with Crippen LogP contribution < -0.4 is 16.4 Å². The van der Waals surface area contributed by atoms with Crippen molar-refractivity contribution in [3.63, 3.8) is 0 Å². The van der Waals surface area contributed by atoms with Crippen molar-refractivity contribution < 1.29 is 14.0 Å². The molecule has 0 atom stereocenters. The number of urea groups is 1. The number of amides is 3. The Morgan fingerprint density at radius 2 is 1.91 bits per heavy atom. The van der Waals surface area contributed by atoms with E-state index in [9.17, 15) is 9.59 Å². The van der Waals surface area contributed by atoms with E-state index < -0.39 is 11.9 Å². The summed E-state index contributed by atoms with van der Waals surface area (Å²) in [6, 6.07) is 9.66. The number of rotatable bonds is 4. The van der Waals surface area contributed by atoms with Crippen LogP contribution in [0.1, 0.15) is 10.5 Å². The number of aromatic nitrogens is 1. The highest BCUT2D eigenvalue weighted by atomic mass is 32.1. The first-order chi connectivity index (χ1) is 11.1. The molecule has 8 heteroatoms. The summed E-state index contributed by atoms with van der Waals surface area (Å²) in [7, 11) is 0. The van der Waals surface area contributed by atoms with Crippen molar-refractivity contribution in [2.45, 2.75) is 0 Å². The minimum atomic E-state index is -0.676. The van der Waals surface area contributed by atoms with E-state index in [-0.39, 0.29) is 5.69 Å². The van der Waals surface area contributed by atoms with Gasteiger partial charge < -0.3 is 20.8 Å². The minimum Gasteiger partial charge on any atom is -0.442 e. The molecule has 0 radical (unpaired) electrons. The van der Waals surface area contributed by atoms with E-state index in [0.717, 1.165) is 4.88 Å². The Hall–Kier alpha value is -3.13. The van der Waals surface area contributed by atoms with Crippen molar-refractivity contribution in [2.75, 3.05) is 10.6 Å². The summed E-state index contributed by atoms with van der Waals surface area (Å²) in [5.74, 6) is 0.0160. The molecule has 0 saturated heterocycles. The molecule has 4 N–H and O–H groups in total. The summed E-state index contributed by atoms with van der Waals surface area (Å²) >= 11 is 1.45. The Morgan fingerprint density at radius 1 is 1.13 bits per heavy atom. The SMILES string of the molecule is NC(=O)Nc1cccc(NC(=O)c2ncoc2-c2cccs2)c1. The van der Waals surface area contributed by atoms with Gasteiger partial charge in [-0.25, -0.2) is 9.78 Å². The van der Waals surface area contributed by atoms with Gasteiger partial charge in [-0.3, -0.25) is 4.79 Å². The van der Waals surface area contributed by atoms with E-state index >= 15 is 0 Å². The number of primary amides is 1. The van der Waals surface area contributed by atoms with Gasteiger partial charge in [0, 0.05) is 11.4 Å². The Bertz CT molecular complexity index is 842. The third-order valence-electron chi connectivity index (χ3n) is 2.92. The lowest BCUT2D eigenvalue weighted by Gasteiger charge is -2.07. The Kier molecular flexibility index (Phi) is 4.07. The molecule has 0 spiro atoms. The highest BCUT2D eigenvalue weighted by Crippen LogP contribution is 2.28. The fourth-order valence-corrected chi connectivity index (χ4v) is 2.71. The number of carbonyl (C=O) groups excluding carboxylic acids is 2. The van der Waals surface area contributed by atoms with Crippen molar-refractivity contribution >= 4 is 34.6 Å². The molecule has 0 bridgehead atoms. The zero-order valence-corrected chi connectivity index (χ0v) is 12.6. The number of nitrogens with one attached hydrogen (secondary N) is 2. The van der Waals surface area contributed by atoms with Crippen molar-refractivity contribution in [1.29, 1.82) is 0 Å². The standard InChI is InChI=1S/C15H12N4O3S/c16-15(21)19-10-4-1-3-9(7-10)18-14(20)12-13(22-8-17-12)11-5-2-6-23-11/h1-8H,(H,18,20)(H3,16,19,21). The van der Waals surface area contributed by atoms with E-state index in [0.29, 0.717) is 17.1 Å². The van der Waals surface area contributed by atoms with Crippen LogP contribution >= 0.6 is 11.3 Å². The van der Waals surface area contributed by atoms with Crippen LogP contribution in [-0.4, -0.2) is 16.9 Å². The number of oxazole rings is 1.